The predicted molar refractivity (Wildman–Crippen MR) is 81.0 cm³/mol. The van der Waals surface area contributed by atoms with Gasteiger partial charge in [-0.1, -0.05) is 15.9 Å². The Hall–Kier alpha value is -1.76. The van der Waals surface area contributed by atoms with Crippen molar-refractivity contribution in [2.24, 2.45) is 0 Å². The van der Waals surface area contributed by atoms with Crippen LogP contribution in [0.15, 0.2) is 22.7 Å². The molecule has 0 fully saturated rings. The van der Waals surface area contributed by atoms with Gasteiger partial charge in [-0.05, 0) is 26.0 Å². The monoisotopic (exact) mass is 343 g/mol. The maximum atomic E-state index is 11.8. The smallest absolute Gasteiger partial charge is 0.321 e. The third-order valence-corrected chi connectivity index (χ3v) is 2.92. The summed E-state index contributed by atoms with van der Waals surface area (Å²) in [6.07, 6.45) is 0. The van der Waals surface area contributed by atoms with Crippen LogP contribution in [-0.2, 0) is 4.79 Å². The van der Waals surface area contributed by atoms with E-state index < -0.39 is 18.0 Å². The van der Waals surface area contributed by atoms with Crippen LogP contribution in [0, 0.1) is 0 Å². The maximum absolute atomic E-state index is 11.8. The second-order valence-corrected chi connectivity index (χ2v) is 5.01. The van der Waals surface area contributed by atoms with Crippen molar-refractivity contribution in [3.05, 3.63) is 22.7 Å². The van der Waals surface area contributed by atoms with Gasteiger partial charge in [0, 0.05) is 22.8 Å². The molecule has 0 bridgehead atoms. The molecule has 0 spiro atoms. The van der Waals surface area contributed by atoms with Crippen LogP contribution in [0.2, 0.25) is 0 Å². The number of carbonyl (C=O) groups is 2. The fourth-order valence-electron chi connectivity index (χ4n) is 1.50. The molecule has 0 aromatic heterocycles. The first kappa shape index (κ1) is 16.3. The molecular weight excluding hydrogens is 326 g/mol. The number of rotatable bonds is 5. The van der Waals surface area contributed by atoms with E-state index in [-0.39, 0.29) is 0 Å². The molecule has 20 heavy (non-hydrogen) atoms. The molecule has 1 rings (SSSR count). The SMILES string of the molecule is CCNC(=O)NC(=O)C(C)Nc1cc(Br)cc(OC)c1. The van der Waals surface area contributed by atoms with Gasteiger partial charge in [0.15, 0.2) is 0 Å². The highest BCUT2D eigenvalue weighted by Gasteiger charge is 2.15. The highest BCUT2D eigenvalue weighted by molar-refractivity contribution is 9.10. The second kappa shape index (κ2) is 7.74. The minimum atomic E-state index is -0.559. The topological polar surface area (TPSA) is 79.5 Å². The van der Waals surface area contributed by atoms with Gasteiger partial charge in [0.05, 0.1) is 7.11 Å². The summed E-state index contributed by atoms with van der Waals surface area (Å²) in [6.45, 7) is 3.91. The van der Waals surface area contributed by atoms with Crippen LogP contribution in [0.3, 0.4) is 0 Å². The fourth-order valence-corrected chi connectivity index (χ4v) is 1.98. The van der Waals surface area contributed by atoms with Crippen molar-refractivity contribution >= 4 is 33.6 Å². The summed E-state index contributed by atoms with van der Waals surface area (Å²) in [5.74, 6) is 0.258. The molecular formula is C13H18BrN3O3. The lowest BCUT2D eigenvalue weighted by Gasteiger charge is -2.15. The molecule has 0 radical (unpaired) electrons. The maximum Gasteiger partial charge on any atom is 0.321 e. The number of carbonyl (C=O) groups excluding carboxylic acids is 2. The van der Waals surface area contributed by atoms with E-state index >= 15 is 0 Å². The molecule has 7 heteroatoms. The Morgan fingerprint density at radius 3 is 2.65 bits per heavy atom. The Balaban J connectivity index is 2.65. The van der Waals surface area contributed by atoms with Crippen LogP contribution in [0.25, 0.3) is 0 Å². The first-order chi connectivity index (χ1) is 9.46. The Morgan fingerprint density at radius 1 is 1.35 bits per heavy atom. The largest absolute Gasteiger partial charge is 0.497 e. The highest BCUT2D eigenvalue weighted by Crippen LogP contribution is 2.24. The lowest BCUT2D eigenvalue weighted by Crippen LogP contribution is -2.45. The summed E-state index contributed by atoms with van der Waals surface area (Å²) in [4.78, 5) is 23.1. The second-order valence-electron chi connectivity index (χ2n) is 4.09. The number of methoxy groups -OCH3 is 1. The summed E-state index contributed by atoms with van der Waals surface area (Å²) < 4.78 is 5.97. The molecule has 1 atom stereocenters. The molecule has 1 unspecified atom stereocenters. The van der Waals surface area contributed by atoms with Crippen LogP contribution >= 0.6 is 15.9 Å². The molecule has 3 amide bonds. The van der Waals surface area contributed by atoms with E-state index in [9.17, 15) is 9.59 Å². The average molecular weight is 344 g/mol. The van der Waals surface area contributed by atoms with Gasteiger partial charge in [-0.25, -0.2) is 4.79 Å². The number of hydrogen-bond acceptors (Lipinski definition) is 4. The van der Waals surface area contributed by atoms with Crippen LogP contribution in [0.4, 0.5) is 10.5 Å². The lowest BCUT2D eigenvalue weighted by atomic mass is 10.2. The van der Waals surface area contributed by atoms with Crippen molar-refractivity contribution < 1.29 is 14.3 Å². The van der Waals surface area contributed by atoms with Crippen LogP contribution in [-0.4, -0.2) is 31.6 Å². The molecule has 6 nitrogen and oxygen atoms in total. The van der Waals surface area contributed by atoms with Crippen molar-refractivity contribution in [1.29, 1.82) is 0 Å². The first-order valence-corrected chi connectivity index (χ1v) is 6.95. The number of ether oxygens (including phenoxy) is 1. The van der Waals surface area contributed by atoms with E-state index in [4.69, 9.17) is 4.74 Å². The number of halogens is 1. The first-order valence-electron chi connectivity index (χ1n) is 6.16. The van der Waals surface area contributed by atoms with Gasteiger partial charge < -0.3 is 15.4 Å². The lowest BCUT2D eigenvalue weighted by molar-refractivity contribution is -0.120. The molecule has 1 aromatic rings. The van der Waals surface area contributed by atoms with Gasteiger partial charge in [-0.2, -0.15) is 0 Å². The van der Waals surface area contributed by atoms with Crippen molar-refractivity contribution in [3.63, 3.8) is 0 Å². The molecule has 0 aliphatic rings. The van der Waals surface area contributed by atoms with E-state index in [0.717, 1.165) is 10.2 Å². The Labute approximate surface area is 126 Å². The predicted octanol–water partition coefficient (Wildman–Crippen LogP) is 2.10. The van der Waals surface area contributed by atoms with Crippen LogP contribution in [0.1, 0.15) is 13.8 Å². The quantitative estimate of drug-likeness (QED) is 0.764. The minimum Gasteiger partial charge on any atom is -0.497 e. The average Bonchev–Trinajstić information content (AvgIpc) is 2.37. The normalized spacial score (nSPS) is 11.4. The molecule has 0 aliphatic carbocycles. The molecule has 110 valence electrons. The number of imide groups is 1. The molecule has 3 N–H and O–H groups in total. The van der Waals surface area contributed by atoms with Crippen molar-refractivity contribution in [1.82, 2.24) is 10.6 Å². The number of hydrogen-bond donors (Lipinski definition) is 3. The molecule has 0 saturated carbocycles. The standard InChI is InChI=1S/C13H18BrN3O3/c1-4-15-13(19)17-12(18)8(2)16-10-5-9(14)6-11(7-10)20-3/h5-8,16H,4H2,1-3H3,(H2,15,17,18,19). The van der Waals surface area contributed by atoms with E-state index in [1.54, 1.807) is 27.0 Å². The minimum absolute atomic E-state index is 0.408. The van der Waals surface area contributed by atoms with E-state index in [1.165, 1.54) is 0 Å². The summed E-state index contributed by atoms with van der Waals surface area (Å²) in [5.41, 5.74) is 0.717. The number of urea groups is 1. The number of anilines is 1. The summed E-state index contributed by atoms with van der Waals surface area (Å²) >= 11 is 3.36. The number of nitrogens with one attached hydrogen (secondary N) is 3. The van der Waals surface area contributed by atoms with E-state index in [1.807, 2.05) is 12.1 Å². The third-order valence-electron chi connectivity index (χ3n) is 2.46. The van der Waals surface area contributed by atoms with Crippen LogP contribution in [0.5, 0.6) is 5.75 Å². The van der Waals surface area contributed by atoms with Crippen molar-refractivity contribution in [3.8, 4) is 5.75 Å². The van der Waals surface area contributed by atoms with Gasteiger partial charge >= 0.3 is 6.03 Å². The van der Waals surface area contributed by atoms with Gasteiger partial charge in [0.1, 0.15) is 11.8 Å². The zero-order valence-corrected chi connectivity index (χ0v) is 13.2. The summed E-state index contributed by atoms with van der Waals surface area (Å²) in [5, 5.41) is 7.75. The summed E-state index contributed by atoms with van der Waals surface area (Å²) in [6, 6.07) is 4.33. The molecule has 0 heterocycles. The zero-order chi connectivity index (χ0) is 15.1. The summed E-state index contributed by atoms with van der Waals surface area (Å²) in [7, 11) is 1.57. The Morgan fingerprint density at radius 2 is 2.05 bits per heavy atom. The molecule has 1 aromatic carbocycles. The van der Waals surface area contributed by atoms with Gasteiger partial charge in [-0.3, -0.25) is 10.1 Å². The van der Waals surface area contributed by atoms with Gasteiger partial charge in [0.2, 0.25) is 5.91 Å². The Bertz CT molecular complexity index is 494. The molecule has 0 aliphatic heterocycles. The van der Waals surface area contributed by atoms with Crippen LogP contribution < -0.4 is 20.7 Å². The van der Waals surface area contributed by atoms with Gasteiger partial charge in [-0.15, -0.1) is 0 Å². The fraction of sp³-hybridized carbons (Fsp3) is 0.385. The van der Waals surface area contributed by atoms with E-state index in [2.05, 4.69) is 31.9 Å². The zero-order valence-electron chi connectivity index (χ0n) is 11.6. The van der Waals surface area contributed by atoms with E-state index in [0.29, 0.717) is 12.3 Å². The van der Waals surface area contributed by atoms with Crippen molar-refractivity contribution in [2.45, 2.75) is 19.9 Å². The number of amides is 3. The number of benzene rings is 1. The molecule has 0 saturated heterocycles. The van der Waals surface area contributed by atoms with Gasteiger partial charge in [0.25, 0.3) is 0 Å². The van der Waals surface area contributed by atoms with Crippen molar-refractivity contribution in [2.75, 3.05) is 19.0 Å². The third kappa shape index (κ3) is 5.08. The Kier molecular flexibility index (Phi) is 6.30. The highest BCUT2D eigenvalue weighted by atomic mass is 79.9.